The average molecular weight is 680 g/mol. The molecule has 3 heterocycles. The van der Waals surface area contributed by atoms with Crippen molar-refractivity contribution in [1.82, 2.24) is 19.3 Å². The van der Waals surface area contributed by atoms with Crippen molar-refractivity contribution >= 4 is 21.8 Å². The number of nitrogens with zero attached hydrogens (tertiary/aromatic N) is 4. The van der Waals surface area contributed by atoms with Gasteiger partial charge in [0.15, 0.2) is 0 Å². The molecular formula is C32H28N4OPt+2. The first-order valence-electron chi connectivity index (χ1n) is 12.4. The Kier molecular flexibility index (Phi) is 6.75. The van der Waals surface area contributed by atoms with Crippen LogP contribution in [0, 0.1) is 26.0 Å². The molecule has 3 aromatic carbocycles. The molecule has 0 saturated carbocycles. The van der Waals surface area contributed by atoms with E-state index < -0.39 is 0 Å². The van der Waals surface area contributed by atoms with Gasteiger partial charge in [0.1, 0.15) is 5.82 Å². The van der Waals surface area contributed by atoms with Gasteiger partial charge in [0, 0.05) is 28.9 Å². The smallest absolute Gasteiger partial charge is 0.509 e. The Hall–Kier alpha value is -3.69. The third kappa shape index (κ3) is 4.67. The number of aromatic nitrogens is 4. The standard InChI is InChI=1S/C32H28N4O.Pt/c1-21-17-22(2)36(34-21)24-9-8-10-25(19-24)37-26-13-14-28-27-11-6-7-12-29(27)35(30(28)20-26)31-18-23(15-16-33-31)32(3,4)5;/h6-18H,1-5H3;/q-2;+4. The second kappa shape index (κ2) is 9.88. The molecule has 190 valence electrons. The van der Waals surface area contributed by atoms with E-state index in [4.69, 9.17) is 9.72 Å². The van der Waals surface area contributed by atoms with E-state index in [2.05, 4.69) is 85.0 Å². The van der Waals surface area contributed by atoms with Gasteiger partial charge >= 0.3 is 21.1 Å². The number of pyridine rings is 1. The van der Waals surface area contributed by atoms with Crippen LogP contribution in [0.15, 0.2) is 79.0 Å². The van der Waals surface area contributed by atoms with Crippen LogP contribution >= 0.6 is 0 Å². The van der Waals surface area contributed by atoms with Gasteiger partial charge in [0.25, 0.3) is 0 Å². The molecule has 0 saturated heterocycles. The van der Waals surface area contributed by atoms with Crippen LogP contribution in [0.3, 0.4) is 0 Å². The maximum Gasteiger partial charge on any atom is 4.00 e. The molecule has 0 bridgehead atoms. The molecule has 0 aliphatic heterocycles. The Morgan fingerprint density at radius 3 is 2.37 bits per heavy atom. The van der Waals surface area contributed by atoms with Gasteiger partial charge in [-0.3, -0.25) is 4.68 Å². The molecule has 0 amide bonds. The molecule has 0 fully saturated rings. The third-order valence-electron chi connectivity index (χ3n) is 6.61. The number of para-hydroxylation sites is 1. The molecule has 0 spiro atoms. The topological polar surface area (TPSA) is 44.9 Å². The van der Waals surface area contributed by atoms with Crippen molar-refractivity contribution in [2.75, 3.05) is 0 Å². The van der Waals surface area contributed by atoms with Crippen LogP contribution in [-0.2, 0) is 26.5 Å². The zero-order valence-corrected chi connectivity index (χ0v) is 24.3. The molecule has 38 heavy (non-hydrogen) atoms. The Labute approximate surface area is 237 Å². The third-order valence-corrected chi connectivity index (χ3v) is 6.61. The molecule has 6 aromatic rings. The number of rotatable bonds is 4. The molecule has 6 heteroatoms. The van der Waals surface area contributed by atoms with Gasteiger partial charge in [-0.05, 0) is 60.2 Å². The quantitative estimate of drug-likeness (QED) is 0.180. The Morgan fingerprint density at radius 2 is 1.61 bits per heavy atom. The summed E-state index contributed by atoms with van der Waals surface area (Å²) >= 11 is 0. The first-order chi connectivity index (χ1) is 17.8. The summed E-state index contributed by atoms with van der Waals surface area (Å²) in [5.74, 6) is 2.09. The van der Waals surface area contributed by atoms with E-state index in [9.17, 15) is 0 Å². The largest absolute Gasteiger partial charge is 4.00 e. The second-order valence-electron chi connectivity index (χ2n) is 10.4. The fraction of sp³-hybridized carbons (Fsp3) is 0.188. The maximum atomic E-state index is 6.27. The molecule has 0 N–H and O–H groups in total. The van der Waals surface area contributed by atoms with Crippen molar-refractivity contribution in [2.45, 2.75) is 40.0 Å². The number of hydrogen-bond donors (Lipinski definition) is 0. The normalized spacial score (nSPS) is 11.6. The van der Waals surface area contributed by atoms with Crippen LogP contribution < -0.4 is 4.74 Å². The predicted octanol–water partition coefficient (Wildman–Crippen LogP) is 7.67. The van der Waals surface area contributed by atoms with Crippen molar-refractivity contribution in [3.63, 3.8) is 0 Å². The number of hydrogen-bond acceptors (Lipinski definition) is 3. The van der Waals surface area contributed by atoms with Crippen LogP contribution in [0.25, 0.3) is 33.3 Å². The number of fused-ring (bicyclic) bond motifs is 3. The number of aryl methyl sites for hydroxylation is 2. The van der Waals surface area contributed by atoms with Gasteiger partial charge < -0.3 is 9.30 Å². The van der Waals surface area contributed by atoms with Crippen LogP contribution in [-0.4, -0.2) is 19.3 Å². The summed E-state index contributed by atoms with van der Waals surface area (Å²) in [5.41, 5.74) is 6.10. The molecule has 6 rings (SSSR count). The zero-order chi connectivity index (χ0) is 25.7. The van der Waals surface area contributed by atoms with Crippen molar-refractivity contribution in [3.8, 4) is 23.0 Å². The molecule has 0 radical (unpaired) electrons. The summed E-state index contributed by atoms with van der Waals surface area (Å²) < 4.78 is 10.3. The van der Waals surface area contributed by atoms with E-state index in [1.54, 1.807) is 0 Å². The Balaban J connectivity index is 0.00000294. The van der Waals surface area contributed by atoms with Crippen molar-refractivity contribution in [3.05, 3.63) is 108 Å². The minimum Gasteiger partial charge on any atom is -0.509 e. The van der Waals surface area contributed by atoms with Gasteiger partial charge in [-0.1, -0.05) is 44.5 Å². The average Bonchev–Trinajstić information content (AvgIpc) is 3.39. The minimum absolute atomic E-state index is 0. The summed E-state index contributed by atoms with van der Waals surface area (Å²) in [7, 11) is 0. The fourth-order valence-corrected chi connectivity index (χ4v) is 4.79. The van der Waals surface area contributed by atoms with E-state index >= 15 is 0 Å². The molecule has 5 nitrogen and oxygen atoms in total. The molecule has 0 atom stereocenters. The van der Waals surface area contributed by atoms with Crippen molar-refractivity contribution in [2.24, 2.45) is 0 Å². The van der Waals surface area contributed by atoms with Crippen molar-refractivity contribution in [1.29, 1.82) is 0 Å². The van der Waals surface area contributed by atoms with E-state index in [0.29, 0.717) is 11.5 Å². The molecule has 0 unspecified atom stereocenters. The molecule has 3 aromatic heterocycles. The summed E-state index contributed by atoms with van der Waals surface area (Å²) in [6.45, 7) is 10.7. The van der Waals surface area contributed by atoms with Gasteiger partial charge in [0.2, 0.25) is 0 Å². The predicted molar refractivity (Wildman–Crippen MR) is 148 cm³/mol. The van der Waals surface area contributed by atoms with Crippen LogP contribution in [0.4, 0.5) is 0 Å². The van der Waals surface area contributed by atoms with Gasteiger partial charge in [0.05, 0.1) is 5.69 Å². The van der Waals surface area contributed by atoms with E-state index in [1.165, 1.54) is 5.56 Å². The Morgan fingerprint density at radius 1 is 0.816 bits per heavy atom. The minimum atomic E-state index is 0. The van der Waals surface area contributed by atoms with Crippen LogP contribution in [0.1, 0.15) is 37.7 Å². The summed E-state index contributed by atoms with van der Waals surface area (Å²) in [6.07, 6.45) is 1.89. The first-order valence-corrected chi connectivity index (χ1v) is 12.4. The van der Waals surface area contributed by atoms with E-state index in [0.717, 1.165) is 44.7 Å². The number of benzene rings is 3. The van der Waals surface area contributed by atoms with Crippen LogP contribution in [0.2, 0.25) is 0 Å². The second-order valence-corrected chi connectivity index (χ2v) is 10.4. The van der Waals surface area contributed by atoms with Crippen molar-refractivity contribution < 1.29 is 25.8 Å². The maximum absolute atomic E-state index is 6.27. The van der Waals surface area contributed by atoms with Crippen LogP contribution in [0.5, 0.6) is 11.5 Å². The van der Waals surface area contributed by atoms with Gasteiger partial charge in [-0.25, -0.2) is 4.98 Å². The monoisotopic (exact) mass is 679 g/mol. The van der Waals surface area contributed by atoms with Gasteiger partial charge in [-0.15, -0.1) is 35.7 Å². The SMILES string of the molecule is Cc1cc(C)n(-c2[c-]c(Oc3[c-]c4c(cc3)c3ccccc3n4-c3cc(C(C)(C)C)ccn3)ccc2)n1.[Pt+4]. The van der Waals surface area contributed by atoms with E-state index in [-0.39, 0.29) is 26.5 Å². The first kappa shape index (κ1) is 25.9. The Bertz CT molecular complexity index is 1770. The summed E-state index contributed by atoms with van der Waals surface area (Å²) in [4.78, 5) is 4.75. The fourth-order valence-electron chi connectivity index (χ4n) is 4.79. The number of ether oxygens (including phenoxy) is 1. The van der Waals surface area contributed by atoms with E-state index in [1.807, 2.05) is 55.1 Å². The summed E-state index contributed by atoms with van der Waals surface area (Å²) in [5, 5.41) is 6.83. The zero-order valence-electron chi connectivity index (χ0n) is 22.0. The summed E-state index contributed by atoms with van der Waals surface area (Å²) in [6, 6.07) is 31.4. The molecule has 0 aliphatic carbocycles. The molecule has 0 aliphatic rings. The van der Waals surface area contributed by atoms with Gasteiger partial charge in [-0.2, -0.15) is 17.2 Å². The molecular weight excluding hydrogens is 651 g/mol.